The van der Waals surface area contributed by atoms with Crippen LogP contribution >= 0.6 is 11.3 Å². The van der Waals surface area contributed by atoms with E-state index in [0.29, 0.717) is 55.2 Å². The Bertz CT molecular complexity index is 1440. The third-order valence-electron chi connectivity index (χ3n) is 7.33. The van der Waals surface area contributed by atoms with Gasteiger partial charge in [0.05, 0.1) is 18.3 Å². The number of nitrogens with zero attached hydrogens (tertiary/aromatic N) is 3. The van der Waals surface area contributed by atoms with Gasteiger partial charge in [-0.3, -0.25) is 9.59 Å². The van der Waals surface area contributed by atoms with Gasteiger partial charge in [0.1, 0.15) is 23.3 Å². The molecule has 37 heavy (non-hydrogen) atoms. The Labute approximate surface area is 216 Å². The molecule has 0 radical (unpaired) electrons. The molecule has 3 aliphatic rings. The highest BCUT2D eigenvalue weighted by atomic mass is 32.1. The fourth-order valence-corrected chi connectivity index (χ4v) is 5.81. The first-order chi connectivity index (χ1) is 17.9. The number of benzene rings is 1. The molecule has 2 aliphatic carbocycles. The Kier molecular flexibility index (Phi) is 5.64. The van der Waals surface area contributed by atoms with Gasteiger partial charge in [-0.1, -0.05) is 31.4 Å². The van der Waals surface area contributed by atoms with Gasteiger partial charge in [-0.2, -0.15) is 5.26 Å². The minimum Gasteiger partial charge on any atom is -0.451 e. The summed E-state index contributed by atoms with van der Waals surface area (Å²) in [6, 6.07) is 9.38. The molecule has 0 bridgehead atoms. The van der Waals surface area contributed by atoms with E-state index in [0.717, 1.165) is 30.2 Å². The third kappa shape index (κ3) is 4.31. The van der Waals surface area contributed by atoms with Crippen molar-refractivity contribution in [2.24, 2.45) is 0 Å². The molecule has 2 saturated carbocycles. The summed E-state index contributed by atoms with van der Waals surface area (Å²) in [5, 5.41) is 18.4. The van der Waals surface area contributed by atoms with Gasteiger partial charge in [-0.15, -0.1) is 11.3 Å². The number of anilines is 1. The number of cyclic esters (lactones) is 1. The molecule has 2 N–H and O–H groups in total. The highest BCUT2D eigenvalue weighted by Crippen LogP contribution is 2.37. The van der Waals surface area contributed by atoms with Crippen molar-refractivity contribution in [1.82, 2.24) is 15.6 Å². The van der Waals surface area contributed by atoms with Gasteiger partial charge < -0.3 is 19.8 Å². The smallest absolute Gasteiger partial charge is 0.416 e. The van der Waals surface area contributed by atoms with Crippen LogP contribution in [0.1, 0.15) is 55.5 Å². The molecular formula is C26H25N5O5S. The Balaban J connectivity index is 1.22. The van der Waals surface area contributed by atoms with Crippen LogP contribution in [0.25, 0.3) is 22.2 Å². The molecule has 190 valence electrons. The Morgan fingerprint density at radius 1 is 1.11 bits per heavy atom. The average Bonchev–Trinajstić information content (AvgIpc) is 3.25. The maximum Gasteiger partial charge on any atom is 0.416 e. The number of hydrogen-bond donors (Lipinski definition) is 2. The minimum absolute atomic E-state index is 0.116. The van der Waals surface area contributed by atoms with E-state index in [9.17, 15) is 19.6 Å². The van der Waals surface area contributed by atoms with E-state index in [1.165, 1.54) is 16.2 Å². The lowest BCUT2D eigenvalue weighted by Crippen LogP contribution is -2.61. The lowest BCUT2D eigenvalue weighted by Gasteiger charge is -2.37. The van der Waals surface area contributed by atoms with Crippen LogP contribution in [0.4, 0.5) is 9.93 Å². The van der Waals surface area contributed by atoms with Crippen LogP contribution in [0.3, 0.4) is 0 Å². The van der Waals surface area contributed by atoms with Crippen LogP contribution in [0.15, 0.2) is 34.1 Å². The van der Waals surface area contributed by atoms with Crippen molar-refractivity contribution in [3.8, 4) is 17.3 Å². The minimum atomic E-state index is -1.06. The maximum absolute atomic E-state index is 13.3. The van der Waals surface area contributed by atoms with Gasteiger partial charge in [0.25, 0.3) is 5.91 Å². The SMILES string of the molecule is N#CC1(NC(=O)C2(NC(=O)c3cc4ccc(-c5csc(N6CCOC6=O)n5)cc4o3)CCCCC2)CC1. The van der Waals surface area contributed by atoms with E-state index in [-0.39, 0.29) is 11.7 Å². The summed E-state index contributed by atoms with van der Waals surface area (Å²) < 4.78 is 10.9. The van der Waals surface area contributed by atoms with E-state index < -0.39 is 23.1 Å². The number of nitriles is 1. The summed E-state index contributed by atoms with van der Waals surface area (Å²) in [5.74, 6) is -0.635. The number of carbonyl (C=O) groups excluding carboxylic acids is 3. The lowest BCUT2D eigenvalue weighted by molar-refractivity contribution is -0.129. The van der Waals surface area contributed by atoms with E-state index in [4.69, 9.17) is 9.15 Å². The Morgan fingerprint density at radius 3 is 2.62 bits per heavy atom. The van der Waals surface area contributed by atoms with Crippen LogP contribution < -0.4 is 15.5 Å². The summed E-state index contributed by atoms with van der Waals surface area (Å²) >= 11 is 1.35. The first-order valence-electron chi connectivity index (χ1n) is 12.4. The van der Waals surface area contributed by atoms with Crippen molar-refractivity contribution < 1.29 is 23.5 Å². The molecule has 11 heteroatoms. The molecule has 0 unspecified atom stereocenters. The number of carbonyl (C=O) groups is 3. The second-order valence-corrected chi connectivity index (χ2v) is 10.7. The molecule has 10 nitrogen and oxygen atoms in total. The van der Waals surface area contributed by atoms with E-state index in [1.54, 1.807) is 12.1 Å². The molecule has 0 spiro atoms. The predicted molar refractivity (Wildman–Crippen MR) is 135 cm³/mol. The summed E-state index contributed by atoms with van der Waals surface area (Å²) in [4.78, 5) is 44.4. The van der Waals surface area contributed by atoms with Crippen LogP contribution in [-0.2, 0) is 9.53 Å². The summed E-state index contributed by atoms with van der Waals surface area (Å²) in [6.07, 6.45) is 4.55. The van der Waals surface area contributed by atoms with Crippen molar-refractivity contribution in [3.63, 3.8) is 0 Å². The first kappa shape index (κ1) is 23.5. The Hall–Kier alpha value is -3.91. The second kappa shape index (κ2) is 8.88. The van der Waals surface area contributed by atoms with Crippen LogP contribution in [-0.4, -0.2) is 47.1 Å². The number of ether oxygens (including phenoxy) is 1. The van der Waals surface area contributed by atoms with Crippen molar-refractivity contribution in [2.45, 2.75) is 56.0 Å². The van der Waals surface area contributed by atoms with E-state index in [1.807, 2.05) is 17.5 Å². The maximum atomic E-state index is 13.3. The van der Waals surface area contributed by atoms with Gasteiger partial charge in [-0.25, -0.2) is 14.7 Å². The van der Waals surface area contributed by atoms with Gasteiger partial charge in [0.2, 0.25) is 5.91 Å². The fraction of sp³-hybridized carbons (Fsp3) is 0.423. The molecule has 1 aliphatic heterocycles. The predicted octanol–water partition coefficient (Wildman–Crippen LogP) is 4.12. The fourth-order valence-electron chi connectivity index (χ4n) is 4.96. The van der Waals surface area contributed by atoms with Crippen molar-refractivity contribution in [1.29, 1.82) is 5.26 Å². The molecule has 3 aromatic rings. The zero-order chi connectivity index (χ0) is 25.6. The number of rotatable bonds is 6. The van der Waals surface area contributed by atoms with Gasteiger partial charge in [-0.05, 0) is 37.8 Å². The lowest BCUT2D eigenvalue weighted by atomic mass is 9.80. The number of fused-ring (bicyclic) bond motifs is 1. The van der Waals surface area contributed by atoms with Crippen molar-refractivity contribution in [3.05, 3.63) is 35.4 Å². The summed E-state index contributed by atoms with van der Waals surface area (Å²) in [6.45, 7) is 0.817. The highest BCUT2D eigenvalue weighted by molar-refractivity contribution is 7.14. The molecule has 2 aromatic heterocycles. The summed E-state index contributed by atoms with van der Waals surface area (Å²) in [5.41, 5.74) is 0.139. The zero-order valence-corrected chi connectivity index (χ0v) is 20.9. The normalized spacial score (nSPS) is 19.8. The first-order valence-corrected chi connectivity index (χ1v) is 13.3. The van der Waals surface area contributed by atoms with Crippen LogP contribution in [0.2, 0.25) is 0 Å². The standard InChI is InChI=1S/C26H25N5O5S/c27-15-25(8-9-25)30-22(33)26(6-2-1-3-7-26)29-21(32)20-13-17-5-4-16(12-19(17)36-20)18-14-37-23(28-18)31-10-11-35-24(31)34/h4-5,12-14H,1-3,6-11H2,(H,29,32)(H,30,33). The van der Waals surface area contributed by atoms with Crippen molar-refractivity contribution in [2.75, 3.05) is 18.1 Å². The molecule has 1 saturated heterocycles. The number of hydrogen-bond acceptors (Lipinski definition) is 8. The molecule has 0 atom stereocenters. The van der Waals surface area contributed by atoms with Gasteiger partial charge in [0, 0.05) is 16.3 Å². The zero-order valence-electron chi connectivity index (χ0n) is 20.0. The Morgan fingerprint density at radius 2 is 1.92 bits per heavy atom. The van der Waals surface area contributed by atoms with Gasteiger partial charge in [0.15, 0.2) is 10.9 Å². The average molecular weight is 520 g/mol. The number of amides is 3. The number of nitrogens with one attached hydrogen (secondary N) is 2. The number of thiazole rings is 1. The quantitative estimate of drug-likeness (QED) is 0.500. The van der Waals surface area contributed by atoms with Crippen molar-refractivity contribution >= 4 is 45.3 Å². The second-order valence-electron chi connectivity index (χ2n) is 9.89. The molecule has 3 amide bonds. The third-order valence-corrected chi connectivity index (χ3v) is 8.20. The topological polar surface area (TPSA) is 138 Å². The summed E-state index contributed by atoms with van der Waals surface area (Å²) in [7, 11) is 0. The van der Waals surface area contributed by atoms with Crippen LogP contribution in [0.5, 0.6) is 0 Å². The largest absolute Gasteiger partial charge is 0.451 e. The van der Waals surface area contributed by atoms with E-state index in [2.05, 4.69) is 21.7 Å². The molecular weight excluding hydrogens is 494 g/mol. The van der Waals surface area contributed by atoms with E-state index >= 15 is 0 Å². The number of furan rings is 1. The van der Waals surface area contributed by atoms with Gasteiger partial charge >= 0.3 is 6.09 Å². The highest BCUT2D eigenvalue weighted by Gasteiger charge is 2.50. The molecule has 3 heterocycles. The molecule has 1 aromatic carbocycles. The molecule has 6 rings (SSSR count). The van der Waals surface area contributed by atoms with Crippen LogP contribution in [0, 0.1) is 11.3 Å². The molecule has 3 fully saturated rings. The number of aromatic nitrogens is 1. The monoisotopic (exact) mass is 519 g/mol.